The van der Waals surface area contributed by atoms with Crippen LogP contribution in [0.15, 0.2) is 18.2 Å². The summed E-state index contributed by atoms with van der Waals surface area (Å²) in [6.07, 6.45) is 3.33. The Morgan fingerprint density at radius 1 is 1.50 bits per heavy atom. The lowest BCUT2D eigenvalue weighted by atomic mass is 9.81. The van der Waals surface area contributed by atoms with Gasteiger partial charge in [-0.25, -0.2) is 4.39 Å². The van der Waals surface area contributed by atoms with Gasteiger partial charge in [0.05, 0.1) is 0 Å². The summed E-state index contributed by atoms with van der Waals surface area (Å²) in [4.78, 5) is 0. The van der Waals surface area contributed by atoms with Crippen molar-refractivity contribution in [2.45, 2.75) is 26.2 Å². The highest BCUT2D eigenvalue weighted by Gasteiger charge is 2.40. The zero-order valence-electron chi connectivity index (χ0n) is 9.27. The van der Waals surface area contributed by atoms with Crippen molar-refractivity contribution in [3.05, 3.63) is 34.6 Å². The lowest BCUT2D eigenvalue weighted by Crippen LogP contribution is -2.24. The van der Waals surface area contributed by atoms with Crippen LogP contribution in [0, 0.1) is 17.2 Å². The molecule has 1 aliphatic rings. The van der Waals surface area contributed by atoms with Crippen molar-refractivity contribution in [2.24, 2.45) is 11.3 Å². The average Bonchev–Trinajstić information content (AvgIpc) is 3.06. The summed E-state index contributed by atoms with van der Waals surface area (Å²) in [6.45, 7) is 2.23. The van der Waals surface area contributed by atoms with Crippen LogP contribution in [-0.2, 0) is 6.42 Å². The Balaban J connectivity index is 2.18. The summed E-state index contributed by atoms with van der Waals surface area (Å²) in [5, 5.41) is 1.39. The third kappa shape index (κ3) is 2.60. The maximum atomic E-state index is 13.7. The minimum Gasteiger partial charge on any atom is -0.207 e. The molecule has 0 radical (unpaired) electrons. The topological polar surface area (TPSA) is 0 Å². The fourth-order valence-corrected chi connectivity index (χ4v) is 3.00. The maximum absolute atomic E-state index is 13.7. The largest absolute Gasteiger partial charge is 0.207 e. The lowest BCUT2D eigenvalue weighted by Gasteiger charge is -2.27. The number of halogens is 3. The molecule has 0 N–H and O–H groups in total. The van der Waals surface area contributed by atoms with E-state index in [2.05, 4.69) is 22.9 Å². The molecule has 1 aliphatic carbocycles. The molecular formula is C13H15BrClF. The van der Waals surface area contributed by atoms with Gasteiger partial charge in [-0.3, -0.25) is 0 Å². The van der Waals surface area contributed by atoms with Crippen LogP contribution in [0.4, 0.5) is 4.39 Å². The van der Waals surface area contributed by atoms with Gasteiger partial charge in [-0.15, -0.1) is 0 Å². The van der Waals surface area contributed by atoms with Crippen molar-refractivity contribution in [1.29, 1.82) is 0 Å². The zero-order chi connectivity index (χ0) is 11.8. The summed E-state index contributed by atoms with van der Waals surface area (Å²) in [6, 6.07) is 4.97. The average molecular weight is 306 g/mol. The molecule has 0 amide bonds. The van der Waals surface area contributed by atoms with Gasteiger partial charge in [0.25, 0.3) is 0 Å². The Kier molecular flexibility index (Phi) is 3.60. The normalized spacial score (nSPS) is 19.5. The Morgan fingerprint density at radius 2 is 2.19 bits per heavy atom. The summed E-state index contributed by atoms with van der Waals surface area (Å²) < 4.78 is 13.7. The fraction of sp³-hybridized carbons (Fsp3) is 0.538. The van der Waals surface area contributed by atoms with E-state index in [9.17, 15) is 4.39 Å². The summed E-state index contributed by atoms with van der Waals surface area (Å²) >= 11 is 9.31. The molecule has 0 heterocycles. The van der Waals surface area contributed by atoms with Crippen LogP contribution in [0.3, 0.4) is 0 Å². The zero-order valence-corrected chi connectivity index (χ0v) is 11.6. The first-order valence-electron chi connectivity index (χ1n) is 5.55. The van der Waals surface area contributed by atoms with Crippen molar-refractivity contribution < 1.29 is 4.39 Å². The first kappa shape index (κ1) is 12.4. The molecule has 0 aromatic heterocycles. The van der Waals surface area contributed by atoms with Gasteiger partial charge >= 0.3 is 0 Å². The molecule has 2 rings (SSSR count). The molecule has 3 heteroatoms. The standard InChI is InChI=1S/C13H15BrClF/c1-13(8-14,10-3-4-10)7-9-2-5-11(15)6-12(9)16/h2,5-6,10H,3-4,7-8H2,1H3. The molecule has 16 heavy (non-hydrogen) atoms. The second-order valence-corrected chi connectivity index (χ2v) is 5.97. The molecule has 1 atom stereocenters. The van der Waals surface area contributed by atoms with Crippen LogP contribution in [-0.4, -0.2) is 5.33 Å². The first-order chi connectivity index (χ1) is 7.55. The summed E-state index contributed by atoms with van der Waals surface area (Å²) in [5.74, 6) is 0.558. The molecular weight excluding hydrogens is 290 g/mol. The van der Waals surface area contributed by atoms with E-state index in [0.717, 1.165) is 23.2 Å². The molecule has 0 nitrogen and oxygen atoms in total. The maximum Gasteiger partial charge on any atom is 0.127 e. The van der Waals surface area contributed by atoms with Crippen molar-refractivity contribution in [3.63, 3.8) is 0 Å². The van der Waals surface area contributed by atoms with Gasteiger partial charge in [-0.05, 0) is 48.3 Å². The summed E-state index contributed by atoms with van der Waals surface area (Å²) in [7, 11) is 0. The lowest BCUT2D eigenvalue weighted by molar-refractivity contribution is 0.314. The highest BCUT2D eigenvalue weighted by Crippen LogP contribution is 2.48. The molecule has 1 fully saturated rings. The van der Waals surface area contributed by atoms with Crippen molar-refractivity contribution in [3.8, 4) is 0 Å². The molecule has 0 aliphatic heterocycles. The molecule has 0 saturated heterocycles. The van der Waals surface area contributed by atoms with Crippen molar-refractivity contribution in [2.75, 3.05) is 5.33 Å². The van der Waals surface area contributed by atoms with E-state index in [0.29, 0.717) is 5.02 Å². The second kappa shape index (κ2) is 4.66. The van der Waals surface area contributed by atoms with Crippen molar-refractivity contribution in [1.82, 2.24) is 0 Å². The van der Waals surface area contributed by atoms with Crippen LogP contribution in [0.1, 0.15) is 25.3 Å². The fourth-order valence-electron chi connectivity index (χ4n) is 2.18. The Hall–Kier alpha value is -0.0800. The molecule has 0 bridgehead atoms. The van der Waals surface area contributed by atoms with Gasteiger partial charge < -0.3 is 0 Å². The van der Waals surface area contributed by atoms with Crippen LogP contribution >= 0.6 is 27.5 Å². The van der Waals surface area contributed by atoms with E-state index in [4.69, 9.17) is 11.6 Å². The molecule has 88 valence electrons. The predicted molar refractivity (Wildman–Crippen MR) is 69.7 cm³/mol. The van der Waals surface area contributed by atoms with E-state index >= 15 is 0 Å². The van der Waals surface area contributed by atoms with Gasteiger partial charge in [-0.2, -0.15) is 0 Å². The van der Waals surface area contributed by atoms with Crippen LogP contribution in [0.5, 0.6) is 0 Å². The third-order valence-electron chi connectivity index (χ3n) is 3.48. The van der Waals surface area contributed by atoms with E-state index in [-0.39, 0.29) is 11.2 Å². The quantitative estimate of drug-likeness (QED) is 0.699. The molecule has 1 aromatic carbocycles. The van der Waals surface area contributed by atoms with E-state index in [1.54, 1.807) is 12.1 Å². The predicted octanol–water partition coefficient (Wildman–Crippen LogP) is 4.83. The number of benzene rings is 1. The van der Waals surface area contributed by atoms with Gasteiger partial charge in [0, 0.05) is 10.4 Å². The monoisotopic (exact) mass is 304 g/mol. The summed E-state index contributed by atoms with van der Waals surface area (Å²) in [5.41, 5.74) is 0.951. The smallest absolute Gasteiger partial charge is 0.127 e. The number of alkyl halides is 1. The molecule has 1 unspecified atom stereocenters. The van der Waals surface area contributed by atoms with Gasteiger partial charge in [0.1, 0.15) is 5.82 Å². The van der Waals surface area contributed by atoms with Crippen molar-refractivity contribution >= 4 is 27.5 Å². The van der Waals surface area contributed by atoms with Gasteiger partial charge in [0.2, 0.25) is 0 Å². The van der Waals surface area contributed by atoms with Gasteiger partial charge in [-0.1, -0.05) is 40.5 Å². The van der Waals surface area contributed by atoms with E-state index in [1.165, 1.54) is 18.9 Å². The Labute approximate surface area is 109 Å². The molecule has 1 saturated carbocycles. The van der Waals surface area contributed by atoms with E-state index < -0.39 is 0 Å². The van der Waals surface area contributed by atoms with Crippen LogP contribution < -0.4 is 0 Å². The molecule has 1 aromatic rings. The highest BCUT2D eigenvalue weighted by atomic mass is 79.9. The molecule has 0 spiro atoms. The number of hydrogen-bond donors (Lipinski definition) is 0. The number of hydrogen-bond acceptors (Lipinski definition) is 0. The van der Waals surface area contributed by atoms with Gasteiger partial charge in [0.15, 0.2) is 0 Å². The van der Waals surface area contributed by atoms with Crippen LogP contribution in [0.25, 0.3) is 0 Å². The minimum absolute atomic E-state index is 0.175. The van der Waals surface area contributed by atoms with Crippen LogP contribution in [0.2, 0.25) is 5.02 Å². The first-order valence-corrected chi connectivity index (χ1v) is 7.05. The minimum atomic E-state index is -0.180. The Morgan fingerprint density at radius 3 is 2.69 bits per heavy atom. The Bertz CT molecular complexity index is 390. The number of rotatable bonds is 4. The third-order valence-corrected chi connectivity index (χ3v) is 4.99. The second-order valence-electron chi connectivity index (χ2n) is 4.97. The van der Waals surface area contributed by atoms with E-state index in [1.807, 2.05) is 0 Å². The SMILES string of the molecule is CC(CBr)(Cc1ccc(Cl)cc1F)C1CC1. The highest BCUT2D eigenvalue weighted by molar-refractivity contribution is 9.09.